The van der Waals surface area contributed by atoms with Crippen LogP contribution < -0.4 is 0 Å². The molecule has 0 saturated carbocycles. The van der Waals surface area contributed by atoms with Crippen molar-refractivity contribution in [3.05, 3.63) is 84.7 Å². The first-order valence-electron chi connectivity index (χ1n) is 8.57. The van der Waals surface area contributed by atoms with Gasteiger partial charge in [0.25, 0.3) is 0 Å². The van der Waals surface area contributed by atoms with Crippen LogP contribution in [-0.2, 0) is 0 Å². The molecule has 0 saturated heterocycles. The van der Waals surface area contributed by atoms with E-state index in [0.717, 1.165) is 33.5 Å². The Morgan fingerprint density at radius 1 is 0.731 bits per heavy atom. The fourth-order valence-electron chi connectivity index (χ4n) is 3.38. The van der Waals surface area contributed by atoms with E-state index in [1.54, 1.807) is 0 Å². The highest BCUT2D eigenvalue weighted by molar-refractivity contribution is 6.03. The molecule has 124 valence electrons. The third-order valence-corrected chi connectivity index (χ3v) is 4.68. The van der Waals surface area contributed by atoms with Crippen LogP contribution in [0.25, 0.3) is 38.6 Å². The Kier molecular flexibility index (Phi) is 3.28. The molecular weight excluding hydrogens is 320 g/mol. The number of hydrogen-bond donors (Lipinski definition) is 0. The van der Waals surface area contributed by atoms with E-state index in [-0.39, 0.29) is 0 Å². The Balaban J connectivity index is 1.81. The summed E-state index contributed by atoms with van der Waals surface area (Å²) >= 11 is 0. The first kappa shape index (κ1) is 14.8. The predicted octanol–water partition coefficient (Wildman–Crippen LogP) is 4.94. The van der Waals surface area contributed by atoms with Gasteiger partial charge in [0, 0.05) is 11.8 Å². The lowest BCUT2D eigenvalue weighted by molar-refractivity contribution is 0.891. The van der Waals surface area contributed by atoms with Crippen molar-refractivity contribution in [2.45, 2.75) is 6.92 Å². The van der Waals surface area contributed by atoms with Crippen LogP contribution in [0.4, 0.5) is 0 Å². The highest BCUT2D eigenvalue weighted by Gasteiger charge is 2.15. The van der Waals surface area contributed by atoms with Crippen molar-refractivity contribution in [1.82, 2.24) is 20.0 Å². The SMILES string of the molecule is Cc1nnc(-c2cccc3ccccc23)c2cn(-c3ccccc3)nc12. The number of aryl methyl sites for hydroxylation is 1. The maximum atomic E-state index is 4.76. The first-order valence-corrected chi connectivity index (χ1v) is 8.57. The fraction of sp³-hybridized carbons (Fsp3) is 0.0455. The van der Waals surface area contributed by atoms with Crippen LogP contribution in [0.15, 0.2) is 79.0 Å². The zero-order chi connectivity index (χ0) is 17.5. The minimum absolute atomic E-state index is 0.832. The van der Waals surface area contributed by atoms with Gasteiger partial charge in [0.1, 0.15) is 11.2 Å². The molecule has 0 aliphatic heterocycles. The number of aromatic nitrogens is 4. The number of hydrogen-bond acceptors (Lipinski definition) is 3. The molecule has 4 heteroatoms. The first-order chi connectivity index (χ1) is 12.8. The molecule has 2 heterocycles. The molecule has 5 rings (SSSR count). The summed E-state index contributed by atoms with van der Waals surface area (Å²) in [5, 5.41) is 17.0. The molecule has 0 radical (unpaired) electrons. The molecule has 0 fully saturated rings. The summed E-state index contributed by atoms with van der Waals surface area (Å²) in [6.07, 6.45) is 2.05. The summed E-state index contributed by atoms with van der Waals surface area (Å²) in [5.74, 6) is 0. The lowest BCUT2D eigenvalue weighted by Gasteiger charge is -2.06. The fourth-order valence-corrected chi connectivity index (χ4v) is 3.38. The summed E-state index contributed by atoms with van der Waals surface area (Å²) < 4.78 is 1.90. The van der Waals surface area contributed by atoms with Gasteiger partial charge in [-0.2, -0.15) is 10.2 Å². The largest absolute Gasteiger partial charge is 0.240 e. The van der Waals surface area contributed by atoms with Gasteiger partial charge in [-0.25, -0.2) is 4.68 Å². The monoisotopic (exact) mass is 336 g/mol. The van der Waals surface area contributed by atoms with Crippen LogP contribution in [0.1, 0.15) is 5.69 Å². The molecule has 0 aliphatic rings. The van der Waals surface area contributed by atoms with Crippen molar-refractivity contribution in [3.63, 3.8) is 0 Å². The minimum atomic E-state index is 0.832. The van der Waals surface area contributed by atoms with Crippen molar-refractivity contribution in [1.29, 1.82) is 0 Å². The summed E-state index contributed by atoms with van der Waals surface area (Å²) in [6, 6.07) is 24.7. The molecule has 4 nitrogen and oxygen atoms in total. The van der Waals surface area contributed by atoms with Gasteiger partial charge in [-0.3, -0.25) is 0 Å². The second kappa shape index (κ2) is 5.77. The summed E-state index contributed by atoms with van der Waals surface area (Å²) in [7, 11) is 0. The quantitative estimate of drug-likeness (QED) is 0.458. The Bertz CT molecular complexity index is 1230. The second-order valence-corrected chi connectivity index (χ2v) is 6.33. The molecular formula is C22H16N4. The molecule has 0 amide bonds. The Hall–Kier alpha value is -3.53. The van der Waals surface area contributed by atoms with Gasteiger partial charge in [0.05, 0.1) is 16.8 Å². The molecule has 0 spiro atoms. The van der Waals surface area contributed by atoms with Crippen LogP contribution in [0.2, 0.25) is 0 Å². The minimum Gasteiger partial charge on any atom is -0.240 e. The van der Waals surface area contributed by atoms with E-state index >= 15 is 0 Å². The van der Waals surface area contributed by atoms with Crippen LogP contribution in [-0.4, -0.2) is 20.0 Å². The van der Waals surface area contributed by atoms with Crippen LogP contribution in [0.5, 0.6) is 0 Å². The number of benzene rings is 3. The van der Waals surface area contributed by atoms with Crippen molar-refractivity contribution in [2.75, 3.05) is 0 Å². The summed E-state index contributed by atoms with van der Waals surface area (Å²) in [4.78, 5) is 0. The lowest BCUT2D eigenvalue weighted by Crippen LogP contribution is -1.94. The van der Waals surface area contributed by atoms with Crippen LogP contribution >= 0.6 is 0 Å². The highest BCUT2D eigenvalue weighted by atomic mass is 15.3. The van der Waals surface area contributed by atoms with E-state index in [2.05, 4.69) is 52.7 Å². The Morgan fingerprint density at radius 3 is 2.38 bits per heavy atom. The van der Waals surface area contributed by atoms with Crippen molar-refractivity contribution < 1.29 is 0 Å². The molecule has 0 unspecified atom stereocenters. The Labute approximate surface area is 150 Å². The van der Waals surface area contributed by atoms with E-state index in [4.69, 9.17) is 5.10 Å². The highest BCUT2D eigenvalue weighted by Crippen LogP contribution is 2.32. The van der Waals surface area contributed by atoms with Gasteiger partial charge in [0.15, 0.2) is 0 Å². The van der Waals surface area contributed by atoms with E-state index in [1.807, 2.05) is 48.1 Å². The van der Waals surface area contributed by atoms with Crippen molar-refractivity contribution in [2.24, 2.45) is 0 Å². The Morgan fingerprint density at radius 2 is 1.50 bits per heavy atom. The van der Waals surface area contributed by atoms with Crippen LogP contribution in [0.3, 0.4) is 0 Å². The van der Waals surface area contributed by atoms with Gasteiger partial charge >= 0.3 is 0 Å². The molecule has 26 heavy (non-hydrogen) atoms. The molecule has 0 bridgehead atoms. The van der Waals surface area contributed by atoms with Crippen molar-refractivity contribution in [3.8, 4) is 16.9 Å². The van der Waals surface area contributed by atoms with Gasteiger partial charge in [-0.15, -0.1) is 5.10 Å². The zero-order valence-electron chi connectivity index (χ0n) is 14.3. The predicted molar refractivity (Wildman–Crippen MR) is 104 cm³/mol. The molecule has 0 aliphatic carbocycles. The summed E-state index contributed by atoms with van der Waals surface area (Å²) in [6.45, 7) is 1.95. The summed E-state index contributed by atoms with van der Waals surface area (Å²) in [5.41, 5.74) is 4.68. The lowest BCUT2D eigenvalue weighted by atomic mass is 10.0. The average molecular weight is 336 g/mol. The maximum absolute atomic E-state index is 4.76. The molecule has 0 atom stereocenters. The number of fused-ring (bicyclic) bond motifs is 2. The van der Waals surface area contributed by atoms with Gasteiger partial charge in [-0.05, 0) is 29.8 Å². The topological polar surface area (TPSA) is 43.6 Å². The average Bonchev–Trinajstić information content (AvgIpc) is 3.15. The van der Waals surface area contributed by atoms with E-state index in [0.29, 0.717) is 0 Å². The van der Waals surface area contributed by atoms with E-state index in [1.165, 1.54) is 10.8 Å². The normalized spacial score (nSPS) is 11.3. The zero-order valence-corrected chi connectivity index (χ0v) is 14.3. The molecule has 0 N–H and O–H groups in total. The van der Waals surface area contributed by atoms with E-state index < -0.39 is 0 Å². The molecule has 5 aromatic rings. The molecule has 2 aromatic heterocycles. The smallest absolute Gasteiger partial charge is 0.118 e. The van der Waals surface area contributed by atoms with E-state index in [9.17, 15) is 0 Å². The van der Waals surface area contributed by atoms with Gasteiger partial charge in [0.2, 0.25) is 0 Å². The number of nitrogens with zero attached hydrogens (tertiary/aromatic N) is 4. The standard InChI is InChI=1S/C22H16N4/c1-15-21-20(14-26(25-21)17-10-3-2-4-11-17)22(24-23-15)19-13-7-9-16-8-5-6-12-18(16)19/h2-14H,1H3. The van der Waals surface area contributed by atoms with Gasteiger partial charge in [-0.1, -0.05) is 60.7 Å². The number of rotatable bonds is 2. The molecule has 3 aromatic carbocycles. The van der Waals surface area contributed by atoms with Gasteiger partial charge < -0.3 is 0 Å². The van der Waals surface area contributed by atoms with Crippen molar-refractivity contribution >= 4 is 21.7 Å². The number of para-hydroxylation sites is 1. The third-order valence-electron chi connectivity index (χ3n) is 4.68. The maximum Gasteiger partial charge on any atom is 0.118 e. The third kappa shape index (κ3) is 2.27. The van der Waals surface area contributed by atoms with Crippen LogP contribution in [0, 0.1) is 6.92 Å². The second-order valence-electron chi connectivity index (χ2n) is 6.33.